The Morgan fingerprint density at radius 1 is 1.53 bits per heavy atom. The van der Waals surface area contributed by atoms with Gasteiger partial charge in [-0.25, -0.2) is 0 Å². The zero-order chi connectivity index (χ0) is 11.6. The minimum absolute atomic E-state index is 0.0258. The van der Waals surface area contributed by atoms with Crippen LogP contribution in [0.2, 0.25) is 0 Å². The number of rotatable bonds is 4. The summed E-state index contributed by atoms with van der Waals surface area (Å²) >= 11 is 0. The van der Waals surface area contributed by atoms with Gasteiger partial charge in [-0.1, -0.05) is 27.2 Å². The molecule has 0 unspecified atom stereocenters. The number of nitrogens with zero attached hydrogens (tertiary/aromatic N) is 1. The van der Waals surface area contributed by atoms with E-state index in [-0.39, 0.29) is 11.8 Å². The number of aliphatic hydroxyl groups is 1. The molecular weight excluding hydrogens is 192 g/mol. The van der Waals surface area contributed by atoms with Crippen molar-refractivity contribution in [3.05, 3.63) is 0 Å². The minimum Gasteiger partial charge on any atom is -0.386 e. The molecular formula is C11H22N2O2. The highest BCUT2D eigenvalue weighted by atomic mass is 16.3. The normalized spacial score (nSPS) is 21.3. The third-order valence-corrected chi connectivity index (χ3v) is 3.23. The summed E-state index contributed by atoms with van der Waals surface area (Å²) in [7, 11) is 0. The van der Waals surface area contributed by atoms with Crippen LogP contribution in [-0.4, -0.2) is 40.6 Å². The molecule has 1 amide bonds. The van der Waals surface area contributed by atoms with E-state index in [9.17, 15) is 9.90 Å². The van der Waals surface area contributed by atoms with Gasteiger partial charge in [0.25, 0.3) is 0 Å². The van der Waals surface area contributed by atoms with Crippen LogP contribution in [0.4, 0.5) is 0 Å². The van der Waals surface area contributed by atoms with Gasteiger partial charge in [0.05, 0.1) is 19.1 Å². The monoisotopic (exact) mass is 214 g/mol. The van der Waals surface area contributed by atoms with Gasteiger partial charge in [0, 0.05) is 0 Å². The van der Waals surface area contributed by atoms with Gasteiger partial charge in [-0.15, -0.1) is 0 Å². The van der Waals surface area contributed by atoms with E-state index >= 15 is 0 Å². The van der Waals surface area contributed by atoms with Gasteiger partial charge in [0.2, 0.25) is 5.91 Å². The van der Waals surface area contributed by atoms with Crippen LogP contribution < -0.4 is 5.73 Å². The highest BCUT2D eigenvalue weighted by Crippen LogP contribution is 2.28. The summed E-state index contributed by atoms with van der Waals surface area (Å²) in [5.74, 6) is 0.158. The SMILES string of the molecule is CCC[C@@H](N)C(=O)N1CC(O)(C(C)C)C1. The van der Waals surface area contributed by atoms with Gasteiger partial charge < -0.3 is 15.7 Å². The molecule has 0 radical (unpaired) electrons. The largest absolute Gasteiger partial charge is 0.386 e. The van der Waals surface area contributed by atoms with Crippen molar-refractivity contribution in [1.29, 1.82) is 0 Å². The molecule has 0 saturated carbocycles. The Bertz CT molecular complexity index is 235. The first-order chi connectivity index (χ1) is 6.90. The van der Waals surface area contributed by atoms with E-state index in [0.717, 1.165) is 12.8 Å². The fourth-order valence-electron chi connectivity index (χ4n) is 1.80. The molecule has 4 nitrogen and oxygen atoms in total. The molecule has 1 heterocycles. The summed E-state index contributed by atoms with van der Waals surface area (Å²) in [5, 5.41) is 9.98. The van der Waals surface area contributed by atoms with E-state index in [2.05, 4.69) is 0 Å². The van der Waals surface area contributed by atoms with Crippen LogP contribution in [-0.2, 0) is 4.79 Å². The van der Waals surface area contributed by atoms with Gasteiger partial charge in [-0.05, 0) is 12.3 Å². The molecule has 4 heteroatoms. The standard InChI is InChI=1S/C11H22N2O2/c1-4-5-9(12)10(14)13-6-11(15,7-13)8(2)3/h8-9,15H,4-7,12H2,1-3H3/t9-/m1/s1. The Morgan fingerprint density at radius 2 is 2.07 bits per heavy atom. The summed E-state index contributed by atoms with van der Waals surface area (Å²) in [6.45, 7) is 6.80. The molecule has 1 saturated heterocycles. The van der Waals surface area contributed by atoms with Crippen LogP contribution in [0.1, 0.15) is 33.6 Å². The van der Waals surface area contributed by atoms with Gasteiger partial charge >= 0.3 is 0 Å². The van der Waals surface area contributed by atoms with Crippen LogP contribution in [0.5, 0.6) is 0 Å². The van der Waals surface area contributed by atoms with Crippen molar-refractivity contribution in [3.63, 3.8) is 0 Å². The second kappa shape index (κ2) is 4.49. The van der Waals surface area contributed by atoms with Gasteiger partial charge in [0.15, 0.2) is 0 Å². The molecule has 0 aromatic rings. The molecule has 1 fully saturated rings. The average Bonchev–Trinajstić information content (AvgIpc) is 2.11. The Kier molecular flexibility index (Phi) is 3.73. The first kappa shape index (κ1) is 12.5. The first-order valence-corrected chi connectivity index (χ1v) is 5.67. The quantitative estimate of drug-likeness (QED) is 0.709. The van der Waals surface area contributed by atoms with Crippen LogP contribution >= 0.6 is 0 Å². The lowest BCUT2D eigenvalue weighted by Crippen LogP contribution is -2.68. The molecule has 0 aromatic heterocycles. The molecule has 0 aliphatic carbocycles. The predicted molar refractivity (Wildman–Crippen MR) is 59.3 cm³/mol. The predicted octanol–water partition coefficient (Wildman–Crippen LogP) is 0.343. The van der Waals surface area contributed by atoms with Crippen molar-refractivity contribution in [3.8, 4) is 0 Å². The average molecular weight is 214 g/mol. The molecule has 0 aromatic carbocycles. The van der Waals surface area contributed by atoms with E-state index in [1.165, 1.54) is 0 Å². The second-order valence-electron chi connectivity index (χ2n) is 4.85. The number of carbonyl (C=O) groups excluding carboxylic acids is 1. The van der Waals surface area contributed by atoms with Crippen molar-refractivity contribution in [2.24, 2.45) is 11.7 Å². The lowest BCUT2D eigenvalue weighted by atomic mass is 9.82. The highest BCUT2D eigenvalue weighted by Gasteiger charge is 2.46. The smallest absolute Gasteiger partial charge is 0.239 e. The van der Waals surface area contributed by atoms with Gasteiger partial charge in [-0.3, -0.25) is 4.79 Å². The topological polar surface area (TPSA) is 66.6 Å². The number of likely N-dealkylation sites (tertiary alicyclic amines) is 1. The molecule has 3 N–H and O–H groups in total. The summed E-state index contributed by atoms with van der Waals surface area (Å²) in [6.07, 6.45) is 1.63. The van der Waals surface area contributed by atoms with Crippen molar-refractivity contribution < 1.29 is 9.90 Å². The lowest BCUT2D eigenvalue weighted by molar-refractivity contribution is -0.165. The molecule has 15 heavy (non-hydrogen) atoms. The number of amides is 1. The van der Waals surface area contributed by atoms with Gasteiger partial charge in [-0.2, -0.15) is 0 Å². The summed E-state index contributed by atoms with van der Waals surface area (Å²) in [5.41, 5.74) is 5.04. The number of carbonyl (C=O) groups is 1. The second-order valence-corrected chi connectivity index (χ2v) is 4.85. The molecule has 1 aliphatic heterocycles. The molecule has 1 aliphatic rings. The van der Waals surface area contributed by atoms with E-state index < -0.39 is 11.6 Å². The summed E-state index contributed by atoms with van der Waals surface area (Å²) in [4.78, 5) is 13.4. The first-order valence-electron chi connectivity index (χ1n) is 5.67. The third kappa shape index (κ3) is 2.49. The molecule has 0 bridgehead atoms. The van der Waals surface area contributed by atoms with E-state index in [0.29, 0.717) is 13.1 Å². The maximum absolute atomic E-state index is 11.7. The van der Waals surface area contributed by atoms with Crippen LogP contribution in [0.3, 0.4) is 0 Å². The Hall–Kier alpha value is -0.610. The zero-order valence-electron chi connectivity index (χ0n) is 9.86. The molecule has 0 spiro atoms. The molecule has 1 atom stereocenters. The fraction of sp³-hybridized carbons (Fsp3) is 0.909. The van der Waals surface area contributed by atoms with Crippen LogP contribution in [0.15, 0.2) is 0 Å². The lowest BCUT2D eigenvalue weighted by Gasteiger charge is -2.49. The number of hydrogen-bond donors (Lipinski definition) is 2. The van der Waals surface area contributed by atoms with Crippen LogP contribution in [0, 0.1) is 5.92 Å². The van der Waals surface area contributed by atoms with Crippen molar-refractivity contribution in [1.82, 2.24) is 4.90 Å². The summed E-state index contributed by atoms with van der Waals surface area (Å²) in [6, 6.07) is -0.397. The van der Waals surface area contributed by atoms with Crippen molar-refractivity contribution in [2.45, 2.75) is 45.3 Å². The molecule has 88 valence electrons. The third-order valence-electron chi connectivity index (χ3n) is 3.23. The van der Waals surface area contributed by atoms with E-state index in [4.69, 9.17) is 5.73 Å². The Balaban J connectivity index is 2.41. The van der Waals surface area contributed by atoms with Crippen LogP contribution in [0.25, 0.3) is 0 Å². The maximum Gasteiger partial charge on any atom is 0.239 e. The van der Waals surface area contributed by atoms with E-state index in [1.807, 2.05) is 20.8 Å². The zero-order valence-corrected chi connectivity index (χ0v) is 9.86. The fourth-order valence-corrected chi connectivity index (χ4v) is 1.80. The van der Waals surface area contributed by atoms with Gasteiger partial charge in [0.1, 0.15) is 5.60 Å². The summed E-state index contributed by atoms with van der Waals surface area (Å²) < 4.78 is 0. The molecule has 1 rings (SSSR count). The number of β-amino-alcohol motifs (C(OH)–C–C–N with tert-alkyl or cyclic N) is 1. The van der Waals surface area contributed by atoms with E-state index in [1.54, 1.807) is 4.90 Å². The minimum atomic E-state index is -0.693. The number of nitrogens with two attached hydrogens (primary N) is 1. The Morgan fingerprint density at radius 3 is 2.47 bits per heavy atom. The highest BCUT2D eigenvalue weighted by molar-refractivity contribution is 5.82. The Labute approximate surface area is 91.4 Å². The van der Waals surface area contributed by atoms with Crippen molar-refractivity contribution >= 4 is 5.91 Å². The maximum atomic E-state index is 11.7. The number of hydrogen-bond acceptors (Lipinski definition) is 3. The van der Waals surface area contributed by atoms with Crippen molar-refractivity contribution in [2.75, 3.05) is 13.1 Å².